The van der Waals surface area contributed by atoms with Crippen molar-refractivity contribution in [3.63, 3.8) is 0 Å². The first-order valence-corrected chi connectivity index (χ1v) is 9.16. The summed E-state index contributed by atoms with van der Waals surface area (Å²) in [6, 6.07) is 22.2. The second-order valence-electron chi connectivity index (χ2n) is 6.80. The minimum atomic E-state index is -0.230. The molecule has 3 aromatic rings. The third-order valence-electron chi connectivity index (χ3n) is 4.93. The summed E-state index contributed by atoms with van der Waals surface area (Å²) in [5, 5.41) is 5.46. The molecule has 0 saturated heterocycles. The fourth-order valence-corrected chi connectivity index (χ4v) is 3.14. The van der Waals surface area contributed by atoms with Gasteiger partial charge in [0.1, 0.15) is 5.75 Å². The van der Waals surface area contributed by atoms with Crippen molar-refractivity contribution in [1.29, 1.82) is 0 Å². The van der Waals surface area contributed by atoms with Crippen molar-refractivity contribution in [1.82, 2.24) is 10.2 Å². The van der Waals surface area contributed by atoms with Crippen LogP contribution in [0.4, 0.5) is 0 Å². The zero-order valence-electron chi connectivity index (χ0n) is 16.1. The van der Waals surface area contributed by atoms with Gasteiger partial charge in [0, 0.05) is 18.7 Å². The van der Waals surface area contributed by atoms with Crippen LogP contribution in [-0.4, -0.2) is 31.0 Å². The molecule has 0 bridgehead atoms. The molecule has 1 N–H and O–H groups in total. The minimum absolute atomic E-state index is 0.00388. The lowest BCUT2D eigenvalue weighted by molar-refractivity contribution is -0.125. The van der Waals surface area contributed by atoms with Gasteiger partial charge in [-0.1, -0.05) is 54.6 Å². The lowest BCUT2D eigenvalue weighted by Gasteiger charge is -2.24. The summed E-state index contributed by atoms with van der Waals surface area (Å²) in [4.78, 5) is 14.6. The molecule has 1 unspecified atom stereocenters. The Kier molecular flexibility index (Phi) is 6.09. The first kappa shape index (κ1) is 18.9. The predicted molar refractivity (Wildman–Crippen MR) is 110 cm³/mol. The fourth-order valence-electron chi connectivity index (χ4n) is 3.14. The molecule has 1 amide bonds. The van der Waals surface area contributed by atoms with Gasteiger partial charge in [0.15, 0.2) is 0 Å². The van der Waals surface area contributed by atoms with Gasteiger partial charge in [0.25, 0.3) is 0 Å². The number of hydrogen-bond donors (Lipinski definition) is 1. The van der Waals surface area contributed by atoms with Crippen LogP contribution in [0.5, 0.6) is 5.75 Å². The number of para-hydroxylation sites is 1. The molecule has 0 aliphatic heterocycles. The molecule has 0 radical (unpaired) electrons. The summed E-state index contributed by atoms with van der Waals surface area (Å²) in [6.07, 6.45) is 0. The standard InChI is InChI=1S/C23H26N2O2/c1-17(23(26)24-15-21-10-6-7-11-22(21)27-3)25(2)16-18-12-13-19-8-4-5-9-20(19)14-18/h4-14,17H,15-16H2,1-3H3,(H,24,26). The number of amides is 1. The van der Waals surface area contributed by atoms with Gasteiger partial charge in [0.05, 0.1) is 13.2 Å². The first-order chi connectivity index (χ1) is 13.1. The number of nitrogens with one attached hydrogen (secondary N) is 1. The van der Waals surface area contributed by atoms with Crippen LogP contribution in [0.2, 0.25) is 0 Å². The number of rotatable bonds is 7. The lowest BCUT2D eigenvalue weighted by Crippen LogP contribution is -2.42. The monoisotopic (exact) mass is 362 g/mol. The van der Waals surface area contributed by atoms with Crippen LogP contribution < -0.4 is 10.1 Å². The van der Waals surface area contributed by atoms with Gasteiger partial charge in [-0.15, -0.1) is 0 Å². The van der Waals surface area contributed by atoms with E-state index in [9.17, 15) is 4.79 Å². The van der Waals surface area contributed by atoms with Crippen LogP contribution in [0.15, 0.2) is 66.7 Å². The van der Waals surface area contributed by atoms with E-state index >= 15 is 0 Å². The van der Waals surface area contributed by atoms with E-state index in [-0.39, 0.29) is 11.9 Å². The number of likely N-dealkylation sites (N-methyl/N-ethyl adjacent to an activating group) is 1. The molecular formula is C23H26N2O2. The third kappa shape index (κ3) is 4.66. The molecule has 0 aromatic heterocycles. The predicted octanol–water partition coefficient (Wildman–Crippen LogP) is 3.99. The second kappa shape index (κ2) is 8.69. The molecule has 0 spiro atoms. The Bertz CT molecular complexity index is 923. The molecule has 0 aliphatic carbocycles. The number of methoxy groups -OCH3 is 1. The molecule has 1 atom stereocenters. The van der Waals surface area contributed by atoms with Crippen LogP contribution in [0, 0.1) is 0 Å². The van der Waals surface area contributed by atoms with Crippen molar-refractivity contribution in [2.45, 2.75) is 26.1 Å². The molecule has 0 aliphatic rings. The highest BCUT2D eigenvalue weighted by atomic mass is 16.5. The average molecular weight is 362 g/mol. The van der Waals surface area contributed by atoms with E-state index in [0.29, 0.717) is 13.1 Å². The maximum Gasteiger partial charge on any atom is 0.237 e. The molecule has 140 valence electrons. The maximum atomic E-state index is 12.6. The van der Waals surface area contributed by atoms with Crippen molar-refractivity contribution < 1.29 is 9.53 Å². The topological polar surface area (TPSA) is 41.6 Å². The van der Waals surface area contributed by atoms with E-state index in [2.05, 4.69) is 40.5 Å². The SMILES string of the molecule is COc1ccccc1CNC(=O)C(C)N(C)Cc1ccc2ccccc2c1. The largest absolute Gasteiger partial charge is 0.496 e. The summed E-state index contributed by atoms with van der Waals surface area (Å²) in [5.74, 6) is 0.791. The Balaban J connectivity index is 1.60. The molecule has 3 aromatic carbocycles. The van der Waals surface area contributed by atoms with Crippen molar-refractivity contribution in [3.8, 4) is 5.75 Å². The quantitative estimate of drug-likeness (QED) is 0.691. The molecule has 27 heavy (non-hydrogen) atoms. The smallest absolute Gasteiger partial charge is 0.237 e. The van der Waals surface area contributed by atoms with E-state index in [0.717, 1.165) is 11.3 Å². The normalized spacial score (nSPS) is 12.1. The highest BCUT2D eigenvalue weighted by molar-refractivity contribution is 5.83. The second-order valence-corrected chi connectivity index (χ2v) is 6.80. The van der Waals surface area contributed by atoms with Gasteiger partial charge in [-0.2, -0.15) is 0 Å². The number of carbonyl (C=O) groups is 1. The highest BCUT2D eigenvalue weighted by Crippen LogP contribution is 2.18. The molecule has 0 fully saturated rings. The number of fused-ring (bicyclic) bond motifs is 1. The van der Waals surface area contributed by atoms with Crippen molar-refractivity contribution in [3.05, 3.63) is 77.9 Å². The number of hydrogen-bond acceptors (Lipinski definition) is 3. The average Bonchev–Trinajstić information content (AvgIpc) is 2.71. The van der Waals surface area contributed by atoms with Crippen molar-refractivity contribution in [2.24, 2.45) is 0 Å². The summed E-state index contributed by atoms with van der Waals surface area (Å²) < 4.78 is 5.34. The zero-order chi connectivity index (χ0) is 19.2. The van der Waals surface area contributed by atoms with E-state index in [1.54, 1.807) is 7.11 Å². The van der Waals surface area contributed by atoms with Crippen LogP contribution in [0.3, 0.4) is 0 Å². The first-order valence-electron chi connectivity index (χ1n) is 9.16. The summed E-state index contributed by atoms with van der Waals surface area (Å²) in [5.41, 5.74) is 2.17. The lowest BCUT2D eigenvalue weighted by atomic mass is 10.1. The maximum absolute atomic E-state index is 12.6. The summed E-state index contributed by atoms with van der Waals surface area (Å²) in [7, 11) is 3.61. The van der Waals surface area contributed by atoms with Gasteiger partial charge >= 0.3 is 0 Å². The van der Waals surface area contributed by atoms with Crippen LogP contribution in [0.1, 0.15) is 18.1 Å². The van der Waals surface area contributed by atoms with Gasteiger partial charge in [0.2, 0.25) is 5.91 Å². The molecule has 3 rings (SSSR count). The number of carbonyl (C=O) groups excluding carboxylic acids is 1. The van der Waals surface area contributed by atoms with E-state index < -0.39 is 0 Å². The number of ether oxygens (including phenoxy) is 1. The van der Waals surface area contributed by atoms with E-state index in [1.807, 2.05) is 50.4 Å². The molecular weight excluding hydrogens is 336 g/mol. The number of nitrogens with zero attached hydrogens (tertiary/aromatic N) is 1. The minimum Gasteiger partial charge on any atom is -0.496 e. The Labute approximate surface area is 160 Å². The Hall–Kier alpha value is -2.85. The van der Waals surface area contributed by atoms with Crippen molar-refractivity contribution in [2.75, 3.05) is 14.2 Å². The molecule has 4 nitrogen and oxygen atoms in total. The molecule has 4 heteroatoms. The van der Waals surface area contributed by atoms with Crippen LogP contribution in [-0.2, 0) is 17.9 Å². The summed E-state index contributed by atoms with van der Waals surface area (Å²) >= 11 is 0. The summed E-state index contributed by atoms with van der Waals surface area (Å²) in [6.45, 7) is 3.10. The van der Waals surface area contributed by atoms with Gasteiger partial charge in [-0.3, -0.25) is 9.69 Å². The van der Waals surface area contributed by atoms with E-state index in [1.165, 1.54) is 16.3 Å². The molecule has 0 heterocycles. The van der Waals surface area contributed by atoms with Gasteiger partial charge in [-0.25, -0.2) is 0 Å². The van der Waals surface area contributed by atoms with Gasteiger partial charge in [-0.05, 0) is 42.4 Å². The zero-order valence-corrected chi connectivity index (χ0v) is 16.1. The van der Waals surface area contributed by atoms with Crippen LogP contribution >= 0.6 is 0 Å². The fraction of sp³-hybridized carbons (Fsp3) is 0.261. The van der Waals surface area contributed by atoms with Gasteiger partial charge < -0.3 is 10.1 Å². The Morgan fingerprint density at radius 3 is 2.52 bits per heavy atom. The Morgan fingerprint density at radius 1 is 1.04 bits per heavy atom. The van der Waals surface area contributed by atoms with E-state index in [4.69, 9.17) is 4.74 Å². The highest BCUT2D eigenvalue weighted by Gasteiger charge is 2.18. The number of benzene rings is 3. The Morgan fingerprint density at radius 2 is 1.74 bits per heavy atom. The van der Waals surface area contributed by atoms with Crippen molar-refractivity contribution >= 4 is 16.7 Å². The third-order valence-corrected chi connectivity index (χ3v) is 4.93. The van der Waals surface area contributed by atoms with Crippen LogP contribution in [0.25, 0.3) is 10.8 Å². The molecule has 0 saturated carbocycles.